The van der Waals surface area contributed by atoms with Crippen molar-refractivity contribution in [2.45, 2.75) is 40.5 Å². The van der Waals surface area contributed by atoms with Crippen LogP contribution in [0.4, 0.5) is 0 Å². The minimum atomic E-state index is 0.953. The molecule has 0 spiro atoms. The van der Waals surface area contributed by atoms with Gasteiger partial charge in [-0.2, -0.15) is 10.2 Å². The van der Waals surface area contributed by atoms with Crippen LogP contribution in [0.5, 0.6) is 0 Å². The molecule has 0 unspecified atom stereocenters. The van der Waals surface area contributed by atoms with E-state index in [0.717, 1.165) is 24.3 Å². The molecule has 0 aliphatic heterocycles. The molecule has 0 saturated heterocycles. The second-order valence-corrected chi connectivity index (χ2v) is 6.68. The Balaban J connectivity index is 1.66. The van der Waals surface area contributed by atoms with Crippen LogP contribution in [0.2, 0.25) is 0 Å². The summed E-state index contributed by atoms with van der Waals surface area (Å²) >= 11 is 0. The molecule has 0 aromatic heterocycles. The minimum Gasteiger partial charge on any atom is -0.154 e. The molecule has 0 atom stereocenters. The van der Waals surface area contributed by atoms with Crippen molar-refractivity contribution in [2.24, 2.45) is 10.2 Å². The van der Waals surface area contributed by atoms with E-state index in [1.165, 1.54) is 44.5 Å². The predicted molar refractivity (Wildman–Crippen MR) is 92.3 cm³/mol. The monoisotopic (exact) mass is 288 g/mol. The van der Waals surface area contributed by atoms with Crippen molar-refractivity contribution in [3.05, 3.63) is 68.8 Å². The maximum atomic E-state index is 4.55. The van der Waals surface area contributed by atoms with E-state index in [2.05, 4.69) is 62.2 Å². The second-order valence-electron chi connectivity index (χ2n) is 6.68. The fraction of sp³-hybridized carbons (Fsp3) is 0.300. The van der Waals surface area contributed by atoms with Crippen LogP contribution >= 0.6 is 0 Å². The highest BCUT2D eigenvalue weighted by molar-refractivity contribution is 6.14. The van der Waals surface area contributed by atoms with Crippen molar-refractivity contribution < 1.29 is 0 Å². The summed E-state index contributed by atoms with van der Waals surface area (Å²) in [6, 6.07) is 8.98. The van der Waals surface area contributed by atoms with Gasteiger partial charge in [-0.25, -0.2) is 0 Å². The van der Waals surface area contributed by atoms with Crippen LogP contribution in [0.3, 0.4) is 0 Å². The highest BCUT2D eigenvalue weighted by Gasteiger charge is 2.26. The van der Waals surface area contributed by atoms with E-state index in [-0.39, 0.29) is 0 Å². The molecule has 2 aliphatic carbocycles. The van der Waals surface area contributed by atoms with Crippen LogP contribution in [-0.4, -0.2) is 11.4 Å². The summed E-state index contributed by atoms with van der Waals surface area (Å²) in [4.78, 5) is 0. The summed E-state index contributed by atoms with van der Waals surface area (Å²) in [5.41, 5.74) is 13.0. The zero-order valence-electron chi connectivity index (χ0n) is 13.6. The first-order chi connectivity index (χ1) is 10.5. The molecule has 2 nitrogen and oxygen atoms in total. The van der Waals surface area contributed by atoms with Gasteiger partial charge >= 0.3 is 0 Å². The molecule has 22 heavy (non-hydrogen) atoms. The van der Waals surface area contributed by atoms with Crippen LogP contribution in [0.1, 0.15) is 44.5 Å². The van der Waals surface area contributed by atoms with Gasteiger partial charge in [0.05, 0.1) is 11.4 Å². The lowest BCUT2D eigenvalue weighted by molar-refractivity contribution is 1.07. The Hall–Kier alpha value is -2.22. The number of fused-ring (bicyclic) bond motifs is 2. The van der Waals surface area contributed by atoms with E-state index in [9.17, 15) is 0 Å². The molecule has 2 aromatic rings. The predicted octanol–water partition coefficient (Wildman–Crippen LogP) is 4.23. The normalized spacial score (nSPS) is 18.7. The zero-order chi connectivity index (χ0) is 15.4. The van der Waals surface area contributed by atoms with Gasteiger partial charge in [0.1, 0.15) is 0 Å². The maximum Gasteiger partial charge on any atom is 0.0752 e. The van der Waals surface area contributed by atoms with Gasteiger partial charge in [-0.3, -0.25) is 0 Å². The van der Waals surface area contributed by atoms with Gasteiger partial charge in [0.25, 0.3) is 0 Å². The number of hydrogen-bond donors (Lipinski definition) is 0. The van der Waals surface area contributed by atoms with Crippen LogP contribution in [0.15, 0.2) is 34.5 Å². The lowest BCUT2D eigenvalue weighted by atomic mass is 9.81. The number of hydrogen-bond acceptors (Lipinski definition) is 2. The molecule has 0 saturated carbocycles. The summed E-state index contributed by atoms with van der Waals surface area (Å²) in [5.74, 6) is 0. The highest BCUT2D eigenvalue weighted by Crippen LogP contribution is 2.31. The first-order valence-corrected chi connectivity index (χ1v) is 7.87. The largest absolute Gasteiger partial charge is 0.154 e. The van der Waals surface area contributed by atoms with E-state index < -0.39 is 0 Å². The molecule has 0 amide bonds. The van der Waals surface area contributed by atoms with Crippen molar-refractivity contribution >= 4 is 11.4 Å². The van der Waals surface area contributed by atoms with Gasteiger partial charge < -0.3 is 0 Å². The van der Waals surface area contributed by atoms with Crippen molar-refractivity contribution in [3.63, 3.8) is 0 Å². The van der Waals surface area contributed by atoms with Crippen molar-refractivity contribution in [1.29, 1.82) is 0 Å². The molecule has 110 valence electrons. The Labute approximate surface area is 131 Å². The van der Waals surface area contributed by atoms with E-state index in [1.54, 1.807) is 0 Å². The Kier molecular flexibility index (Phi) is 2.83. The van der Waals surface area contributed by atoms with Crippen molar-refractivity contribution in [3.8, 4) is 0 Å². The fourth-order valence-corrected chi connectivity index (χ4v) is 3.83. The Morgan fingerprint density at radius 3 is 1.41 bits per heavy atom. The van der Waals surface area contributed by atoms with Crippen molar-refractivity contribution in [2.75, 3.05) is 0 Å². The molecule has 4 rings (SSSR count). The zero-order valence-corrected chi connectivity index (χ0v) is 13.6. The highest BCUT2D eigenvalue weighted by atomic mass is 15.2. The lowest BCUT2D eigenvalue weighted by Crippen LogP contribution is -2.24. The summed E-state index contributed by atoms with van der Waals surface area (Å²) < 4.78 is 0. The summed E-state index contributed by atoms with van der Waals surface area (Å²) in [6.45, 7) is 8.63. The van der Waals surface area contributed by atoms with Gasteiger partial charge in [-0.05, 0) is 49.9 Å². The lowest BCUT2D eigenvalue weighted by Gasteiger charge is -2.25. The van der Waals surface area contributed by atoms with Crippen LogP contribution in [0, 0.1) is 27.7 Å². The average Bonchev–Trinajstić information content (AvgIpc) is 2.35. The van der Waals surface area contributed by atoms with E-state index >= 15 is 0 Å². The average molecular weight is 288 g/mol. The molecule has 2 heteroatoms. The minimum absolute atomic E-state index is 0.953. The molecule has 2 aliphatic rings. The van der Waals surface area contributed by atoms with E-state index in [4.69, 9.17) is 0 Å². The molecule has 0 N–H and O–H groups in total. The third kappa shape index (κ3) is 1.94. The van der Waals surface area contributed by atoms with Crippen molar-refractivity contribution in [1.82, 2.24) is 0 Å². The molecule has 0 bridgehead atoms. The number of nitrogens with zero attached hydrogens (tertiary/aromatic N) is 2. The maximum absolute atomic E-state index is 4.55. The number of aryl methyl sites for hydroxylation is 4. The third-order valence-corrected chi connectivity index (χ3v) is 4.71. The molecule has 0 radical (unpaired) electrons. The van der Waals surface area contributed by atoms with Gasteiger partial charge in [-0.15, -0.1) is 0 Å². The topological polar surface area (TPSA) is 24.7 Å². The van der Waals surface area contributed by atoms with Crippen LogP contribution < -0.4 is 0 Å². The number of benzene rings is 2. The van der Waals surface area contributed by atoms with Gasteiger partial charge in [0.2, 0.25) is 0 Å². The van der Waals surface area contributed by atoms with E-state index in [0.29, 0.717) is 0 Å². The van der Waals surface area contributed by atoms with Gasteiger partial charge in [-0.1, -0.05) is 35.4 Å². The summed E-state index contributed by atoms with van der Waals surface area (Å²) in [5, 5.41) is 9.10. The first kappa shape index (κ1) is 13.4. The molecule has 0 heterocycles. The first-order valence-electron chi connectivity index (χ1n) is 7.87. The molecular weight excluding hydrogens is 268 g/mol. The van der Waals surface area contributed by atoms with Gasteiger partial charge in [0, 0.05) is 24.0 Å². The quantitative estimate of drug-likeness (QED) is 0.702. The fourth-order valence-electron chi connectivity index (χ4n) is 3.83. The SMILES string of the molecule is Cc1cc(C)c2c(c1)CC2=NN=C1Cc2cc(C)cc(C)c21. The molecule has 2 aromatic carbocycles. The van der Waals surface area contributed by atoms with Crippen LogP contribution in [-0.2, 0) is 12.8 Å². The third-order valence-electron chi connectivity index (χ3n) is 4.71. The Morgan fingerprint density at radius 2 is 1.05 bits per heavy atom. The molecule has 0 fully saturated rings. The van der Waals surface area contributed by atoms with E-state index in [1.807, 2.05) is 0 Å². The van der Waals surface area contributed by atoms with Crippen LogP contribution in [0.25, 0.3) is 0 Å². The second kappa shape index (κ2) is 4.64. The summed E-state index contributed by atoms with van der Waals surface area (Å²) in [7, 11) is 0. The smallest absolute Gasteiger partial charge is 0.0752 e. The Morgan fingerprint density at radius 1 is 0.636 bits per heavy atom. The number of rotatable bonds is 1. The van der Waals surface area contributed by atoms with Gasteiger partial charge in [0.15, 0.2) is 0 Å². The Bertz CT molecular complexity index is 762. The molecular formula is C20H20N2. The standard InChI is InChI=1S/C20H20N2/c1-11-5-13(3)19-15(7-11)9-17(19)21-22-18-10-16-8-12(2)6-14(4)20(16)18/h5-8H,9-10H2,1-4H3. The summed E-state index contributed by atoms with van der Waals surface area (Å²) in [6.07, 6.45) is 1.91.